The van der Waals surface area contributed by atoms with Crippen molar-refractivity contribution in [3.8, 4) is 12.1 Å². The van der Waals surface area contributed by atoms with Crippen molar-refractivity contribution in [2.45, 2.75) is 32.7 Å². The minimum atomic E-state index is -0.670. The first-order valence-electron chi connectivity index (χ1n) is 12.2. The maximum absolute atomic E-state index is 12.9. The Bertz CT molecular complexity index is 1560. The molecular weight excluding hydrogens is 484 g/mol. The van der Waals surface area contributed by atoms with Gasteiger partial charge in [0.25, 0.3) is 11.5 Å². The van der Waals surface area contributed by atoms with Crippen LogP contribution in [0.3, 0.4) is 0 Å². The summed E-state index contributed by atoms with van der Waals surface area (Å²) in [6, 6.07) is 20.4. The van der Waals surface area contributed by atoms with Crippen LogP contribution in [0.25, 0.3) is 11.8 Å². The number of carbonyl (C=O) groups is 1. The molecule has 9 heteroatoms. The molecule has 1 amide bonds. The Kier molecular flexibility index (Phi) is 8.40. The first-order valence-corrected chi connectivity index (χ1v) is 13.0. The topological polar surface area (TPSA) is 114 Å². The van der Waals surface area contributed by atoms with Crippen LogP contribution >= 0.6 is 11.3 Å². The van der Waals surface area contributed by atoms with E-state index in [0.717, 1.165) is 49.4 Å². The summed E-state index contributed by atoms with van der Waals surface area (Å²) < 4.78 is 2.05. The SMILES string of the molecule is CCn1c(=C(C#N)C(=O)NCC#N)sc(=CNc2cccc(CCN3CCCc4ccccc43)c2)c1=O. The highest BCUT2D eigenvalue weighted by molar-refractivity contribution is 7.07. The molecule has 0 fully saturated rings. The molecule has 2 N–H and O–H groups in total. The normalized spacial score (nSPS) is 13.8. The van der Waals surface area contributed by atoms with Crippen LogP contribution < -0.4 is 30.3 Å². The fourth-order valence-corrected chi connectivity index (χ4v) is 5.56. The Hall–Kier alpha value is -4.34. The van der Waals surface area contributed by atoms with E-state index in [1.54, 1.807) is 13.1 Å². The van der Waals surface area contributed by atoms with Crippen molar-refractivity contribution in [2.75, 3.05) is 29.9 Å². The molecule has 8 nitrogen and oxygen atoms in total. The zero-order valence-electron chi connectivity index (χ0n) is 20.7. The number of hydrogen-bond donors (Lipinski definition) is 2. The van der Waals surface area contributed by atoms with Gasteiger partial charge in [0, 0.05) is 37.2 Å². The number of aryl methyl sites for hydroxylation is 1. The van der Waals surface area contributed by atoms with Gasteiger partial charge in [-0.05, 0) is 55.5 Å². The number of anilines is 2. The molecule has 0 saturated heterocycles. The number of nitrogens with one attached hydrogen (secondary N) is 2. The van der Waals surface area contributed by atoms with Gasteiger partial charge in [0.1, 0.15) is 21.8 Å². The third-order valence-corrected chi connectivity index (χ3v) is 7.41. The zero-order valence-corrected chi connectivity index (χ0v) is 21.5. The number of amides is 1. The van der Waals surface area contributed by atoms with Crippen LogP contribution in [-0.2, 0) is 24.2 Å². The fourth-order valence-electron chi connectivity index (χ4n) is 4.47. The second-order valence-electron chi connectivity index (χ2n) is 8.61. The largest absolute Gasteiger partial charge is 0.371 e. The quantitative estimate of drug-likeness (QED) is 0.447. The average molecular weight is 513 g/mol. The van der Waals surface area contributed by atoms with E-state index in [4.69, 9.17) is 5.26 Å². The standard InChI is InChI=1S/C28H28N6O2S/c1-2-34-27(36)25(37-28(34)23(18-30)26(35)31-14-13-29)19-32-22-10-5-7-20(17-22)12-16-33-15-6-9-21-8-3-4-11-24(21)33/h3-5,7-8,10-11,17,19,32H,2,6,9,12,14-16H2,1H3,(H,31,35). The molecular formula is C28H28N6O2S. The first-order chi connectivity index (χ1) is 18.0. The summed E-state index contributed by atoms with van der Waals surface area (Å²) in [5.41, 5.74) is 4.31. The molecule has 1 aromatic heterocycles. The van der Waals surface area contributed by atoms with Crippen molar-refractivity contribution in [2.24, 2.45) is 0 Å². The summed E-state index contributed by atoms with van der Waals surface area (Å²) in [4.78, 5) is 27.7. The summed E-state index contributed by atoms with van der Waals surface area (Å²) in [6.45, 7) is 3.86. The molecule has 1 aliphatic heterocycles. The predicted molar refractivity (Wildman–Crippen MR) is 146 cm³/mol. The molecule has 0 bridgehead atoms. The van der Waals surface area contributed by atoms with Crippen LogP contribution in [0, 0.1) is 22.7 Å². The number of fused-ring (bicyclic) bond motifs is 1. The molecule has 0 unspecified atom stereocenters. The van der Waals surface area contributed by atoms with E-state index in [1.165, 1.54) is 21.4 Å². The third-order valence-electron chi connectivity index (χ3n) is 6.28. The van der Waals surface area contributed by atoms with Crippen LogP contribution in [-0.4, -0.2) is 30.1 Å². The molecule has 0 saturated carbocycles. The minimum absolute atomic E-state index is 0.180. The molecule has 188 valence electrons. The Morgan fingerprint density at radius 3 is 2.81 bits per heavy atom. The van der Waals surface area contributed by atoms with Crippen LogP contribution in [0.15, 0.2) is 53.3 Å². The van der Waals surface area contributed by atoms with Gasteiger partial charge in [-0.25, -0.2) is 0 Å². The molecule has 0 aliphatic carbocycles. The van der Waals surface area contributed by atoms with Gasteiger partial charge >= 0.3 is 0 Å². The fraction of sp³-hybridized carbons (Fsp3) is 0.286. The molecule has 2 heterocycles. The smallest absolute Gasteiger partial charge is 0.270 e. The van der Waals surface area contributed by atoms with Gasteiger partial charge in [-0.15, -0.1) is 11.3 Å². The average Bonchev–Trinajstić information content (AvgIpc) is 3.24. The molecule has 2 aromatic carbocycles. The molecule has 37 heavy (non-hydrogen) atoms. The van der Waals surface area contributed by atoms with Gasteiger partial charge in [0.15, 0.2) is 5.57 Å². The lowest BCUT2D eigenvalue weighted by Gasteiger charge is -2.31. The van der Waals surface area contributed by atoms with Crippen molar-refractivity contribution >= 4 is 40.4 Å². The van der Waals surface area contributed by atoms with Crippen molar-refractivity contribution < 1.29 is 4.79 Å². The first kappa shape index (κ1) is 25.7. The summed E-state index contributed by atoms with van der Waals surface area (Å²) in [7, 11) is 0. The minimum Gasteiger partial charge on any atom is -0.371 e. The predicted octanol–water partition coefficient (Wildman–Crippen LogP) is 2.09. The second kappa shape index (κ2) is 12.1. The van der Waals surface area contributed by atoms with Crippen molar-refractivity contribution in [3.63, 3.8) is 0 Å². The maximum Gasteiger partial charge on any atom is 0.270 e. The molecule has 1 aliphatic rings. The van der Waals surface area contributed by atoms with Crippen molar-refractivity contribution in [1.82, 2.24) is 9.88 Å². The Morgan fingerprint density at radius 1 is 1.19 bits per heavy atom. The van der Waals surface area contributed by atoms with Crippen LogP contribution in [0.4, 0.5) is 11.4 Å². The van der Waals surface area contributed by atoms with E-state index in [1.807, 2.05) is 24.3 Å². The van der Waals surface area contributed by atoms with Crippen molar-refractivity contribution in [1.29, 1.82) is 10.5 Å². The Morgan fingerprint density at radius 2 is 2.03 bits per heavy atom. The van der Waals surface area contributed by atoms with E-state index >= 15 is 0 Å². The number of para-hydroxylation sites is 1. The Labute approximate surface area is 219 Å². The van der Waals surface area contributed by atoms with E-state index in [9.17, 15) is 14.9 Å². The van der Waals surface area contributed by atoms with Gasteiger partial charge in [0.05, 0.1) is 6.07 Å². The maximum atomic E-state index is 12.9. The number of benzene rings is 2. The summed E-state index contributed by atoms with van der Waals surface area (Å²) >= 11 is 1.07. The van der Waals surface area contributed by atoms with Crippen LogP contribution in [0.5, 0.6) is 0 Å². The number of carbonyl (C=O) groups excluding carboxylic acids is 1. The lowest BCUT2D eigenvalue weighted by Crippen LogP contribution is -2.34. The molecule has 0 radical (unpaired) electrons. The van der Waals surface area contributed by atoms with Gasteiger partial charge in [-0.3, -0.25) is 14.2 Å². The van der Waals surface area contributed by atoms with E-state index < -0.39 is 5.91 Å². The van der Waals surface area contributed by atoms with E-state index in [2.05, 4.69) is 51.9 Å². The zero-order chi connectivity index (χ0) is 26.2. The molecule has 0 spiro atoms. The van der Waals surface area contributed by atoms with E-state index in [0.29, 0.717) is 11.1 Å². The number of aromatic nitrogens is 1. The van der Waals surface area contributed by atoms with Gasteiger partial charge < -0.3 is 15.5 Å². The summed E-state index contributed by atoms with van der Waals surface area (Å²) in [5, 5.41) is 23.8. The van der Waals surface area contributed by atoms with Crippen molar-refractivity contribution in [3.05, 3.63) is 79.2 Å². The molecule has 4 rings (SSSR count). The number of rotatable bonds is 8. The lowest BCUT2D eigenvalue weighted by atomic mass is 10.0. The number of hydrogen-bond acceptors (Lipinski definition) is 7. The van der Waals surface area contributed by atoms with Crippen LogP contribution in [0.2, 0.25) is 0 Å². The van der Waals surface area contributed by atoms with E-state index in [-0.39, 0.29) is 22.3 Å². The molecule has 3 aromatic rings. The highest BCUT2D eigenvalue weighted by Gasteiger charge is 2.16. The second-order valence-corrected chi connectivity index (χ2v) is 9.64. The number of nitriles is 2. The lowest BCUT2D eigenvalue weighted by molar-refractivity contribution is -0.115. The highest BCUT2D eigenvalue weighted by Crippen LogP contribution is 2.26. The summed E-state index contributed by atoms with van der Waals surface area (Å²) in [6.07, 6.45) is 4.81. The number of thiazole rings is 1. The van der Waals surface area contributed by atoms with Gasteiger partial charge in [0.2, 0.25) is 0 Å². The van der Waals surface area contributed by atoms with Gasteiger partial charge in [-0.1, -0.05) is 30.3 Å². The number of nitrogens with zero attached hydrogens (tertiary/aromatic N) is 4. The molecule has 0 atom stereocenters. The highest BCUT2D eigenvalue weighted by atomic mass is 32.1. The third kappa shape index (κ3) is 5.91. The van der Waals surface area contributed by atoms with Gasteiger partial charge in [-0.2, -0.15) is 10.5 Å². The Balaban J connectivity index is 1.53. The summed E-state index contributed by atoms with van der Waals surface area (Å²) in [5.74, 6) is -0.670. The monoisotopic (exact) mass is 512 g/mol. The van der Waals surface area contributed by atoms with Crippen LogP contribution in [0.1, 0.15) is 24.5 Å².